The maximum atomic E-state index is 9.01. The minimum absolute atomic E-state index is 0.282. The Balaban J connectivity index is 1.90. The van der Waals surface area contributed by atoms with Gasteiger partial charge in [0, 0.05) is 19.1 Å². The molecule has 2 N–H and O–H groups in total. The summed E-state index contributed by atoms with van der Waals surface area (Å²) >= 11 is 0. The maximum Gasteiger partial charge on any atom is 0.122 e. The van der Waals surface area contributed by atoms with Crippen LogP contribution in [0.15, 0.2) is 18.2 Å². The summed E-state index contributed by atoms with van der Waals surface area (Å²) in [7, 11) is 0. The van der Waals surface area contributed by atoms with Gasteiger partial charge in [0.25, 0.3) is 0 Å². The number of aliphatic hydroxyl groups excluding tert-OH is 1. The molecule has 0 radical (unpaired) electrons. The minimum atomic E-state index is 0.282. The number of ether oxygens (including phenoxy) is 1. The van der Waals surface area contributed by atoms with Gasteiger partial charge in [0.15, 0.2) is 0 Å². The number of hydrogen-bond donors (Lipinski definition) is 2. The Kier molecular flexibility index (Phi) is 5.23. The van der Waals surface area contributed by atoms with Crippen molar-refractivity contribution in [1.29, 1.82) is 0 Å². The summed E-state index contributed by atoms with van der Waals surface area (Å²) in [6, 6.07) is 6.83. The molecule has 2 atom stereocenters. The van der Waals surface area contributed by atoms with Crippen LogP contribution in [0.25, 0.3) is 0 Å². The zero-order valence-corrected chi connectivity index (χ0v) is 12.0. The standard InChI is InChI=1S/C16H25NO2/c1-3-13(6-8-18)11-17-12(2)14-4-5-16-15(10-14)7-9-19-16/h4-5,10,12-13,17-18H,3,6-9,11H2,1-2H3. The largest absolute Gasteiger partial charge is 0.493 e. The van der Waals surface area contributed by atoms with Gasteiger partial charge in [-0.25, -0.2) is 0 Å². The van der Waals surface area contributed by atoms with E-state index in [2.05, 4.69) is 37.4 Å². The fraction of sp³-hybridized carbons (Fsp3) is 0.625. The van der Waals surface area contributed by atoms with Crippen LogP contribution < -0.4 is 10.1 Å². The van der Waals surface area contributed by atoms with Crippen LogP contribution in [-0.4, -0.2) is 24.9 Å². The first-order chi connectivity index (χ1) is 9.24. The number of aliphatic hydroxyl groups is 1. The molecule has 0 bridgehead atoms. The number of rotatable bonds is 7. The van der Waals surface area contributed by atoms with E-state index in [1.807, 2.05) is 0 Å². The maximum absolute atomic E-state index is 9.01. The van der Waals surface area contributed by atoms with Crippen LogP contribution in [0.5, 0.6) is 5.75 Å². The van der Waals surface area contributed by atoms with Gasteiger partial charge in [0.1, 0.15) is 5.75 Å². The zero-order valence-electron chi connectivity index (χ0n) is 12.0. The summed E-state index contributed by atoms with van der Waals surface area (Å²) in [6.45, 7) is 6.44. The second-order valence-corrected chi connectivity index (χ2v) is 5.38. The fourth-order valence-electron chi connectivity index (χ4n) is 2.57. The first-order valence-corrected chi connectivity index (χ1v) is 7.34. The third-order valence-electron chi connectivity index (χ3n) is 4.04. The number of fused-ring (bicyclic) bond motifs is 1. The molecule has 1 aromatic carbocycles. The van der Waals surface area contributed by atoms with E-state index in [4.69, 9.17) is 9.84 Å². The zero-order chi connectivity index (χ0) is 13.7. The molecule has 0 aliphatic carbocycles. The average Bonchev–Trinajstić information content (AvgIpc) is 2.90. The number of nitrogens with one attached hydrogen (secondary N) is 1. The van der Waals surface area contributed by atoms with Crippen LogP contribution in [0, 0.1) is 5.92 Å². The Labute approximate surface area is 116 Å². The van der Waals surface area contributed by atoms with Crippen LogP contribution in [0.3, 0.4) is 0 Å². The van der Waals surface area contributed by atoms with E-state index < -0.39 is 0 Å². The number of hydrogen-bond acceptors (Lipinski definition) is 3. The molecule has 0 amide bonds. The van der Waals surface area contributed by atoms with E-state index >= 15 is 0 Å². The van der Waals surface area contributed by atoms with Crippen molar-refractivity contribution in [2.75, 3.05) is 19.8 Å². The lowest BCUT2D eigenvalue weighted by atomic mass is 10.0. The van der Waals surface area contributed by atoms with E-state index in [1.165, 1.54) is 11.1 Å². The molecule has 1 heterocycles. The van der Waals surface area contributed by atoms with Crippen molar-refractivity contribution < 1.29 is 9.84 Å². The Morgan fingerprint density at radius 3 is 3.00 bits per heavy atom. The molecule has 0 spiro atoms. The summed E-state index contributed by atoms with van der Waals surface area (Å²) in [5.41, 5.74) is 2.65. The van der Waals surface area contributed by atoms with Gasteiger partial charge in [-0.3, -0.25) is 0 Å². The molecule has 1 aliphatic heterocycles. The first kappa shape index (κ1) is 14.4. The Hall–Kier alpha value is -1.06. The van der Waals surface area contributed by atoms with Gasteiger partial charge in [0.2, 0.25) is 0 Å². The molecule has 106 valence electrons. The van der Waals surface area contributed by atoms with E-state index in [9.17, 15) is 0 Å². The summed E-state index contributed by atoms with van der Waals surface area (Å²) in [5, 5.41) is 12.6. The molecule has 19 heavy (non-hydrogen) atoms. The monoisotopic (exact) mass is 263 g/mol. The third kappa shape index (κ3) is 3.71. The molecule has 1 aliphatic rings. The summed E-state index contributed by atoms with van der Waals surface area (Å²) in [5.74, 6) is 1.60. The second kappa shape index (κ2) is 6.92. The van der Waals surface area contributed by atoms with Crippen molar-refractivity contribution in [3.05, 3.63) is 29.3 Å². The average molecular weight is 263 g/mol. The minimum Gasteiger partial charge on any atom is -0.493 e. The van der Waals surface area contributed by atoms with E-state index in [1.54, 1.807) is 0 Å². The lowest BCUT2D eigenvalue weighted by Gasteiger charge is -2.19. The quantitative estimate of drug-likeness (QED) is 0.794. The Morgan fingerprint density at radius 1 is 1.42 bits per heavy atom. The van der Waals surface area contributed by atoms with Crippen LogP contribution >= 0.6 is 0 Å². The molecule has 3 heteroatoms. The van der Waals surface area contributed by atoms with Crippen molar-refractivity contribution in [1.82, 2.24) is 5.32 Å². The van der Waals surface area contributed by atoms with E-state index in [0.717, 1.165) is 38.2 Å². The molecule has 2 unspecified atom stereocenters. The molecule has 3 nitrogen and oxygen atoms in total. The SMILES string of the molecule is CCC(CCO)CNC(C)c1ccc2c(c1)CCO2. The normalized spacial score (nSPS) is 16.8. The van der Waals surface area contributed by atoms with Crippen LogP contribution in [0.4, 0.5) is 0 Å². The van der Waals surface area contributed by atoms with Gasteiger partial charge in [0.05, 0.1) is 6.61 Å². The molecule has 0 aromatic heterocycles. The molecule has 2 rings (SSSR count). The van der Waals surface area contributed by atoms with Gasteiger partial charge in [-0.2, -0.15) is 0 Å². The molecule has 0 saturated carbocycles. The highest BCUT2D eigenvalue weighted by Gasteiger charge is 2.15. The van der Waals surface area contributed by atoms with Crippen molar-refractivity contribution in [3.8, 4) is 5.75 Å². The predicted molar refractivity (Wildman–Crippen MR) is 77.5 cm³/mol. The molecule has 1 aromatic rings. The molecule has 0 fully saturated rings. The van der Waals surface area contributed by atoms with Gasteiger partial charge in [-0.05, 0) is 43.0 Å². The number of benzene rings is 1. The van der Waals surface area contributed by atoms with Crippen molar-refractivity contribution >= 4 is 0 Å². The lowest BCUT2D eigenvalue weighted by Crippen LogP contribution is -2.26. The Morgan fingerprint density at radius 2 is 2.26 bits per heavy atom. The predicted octanol–water partition coefficient (Wildman–Crippen LogP) is 2.68. The molecule has 0 saturated heterocycles. The summed E-state index contributed by atoms with van der Waals surface area (Å²) in [4.78, 5) is 0. The lowest BCUT2D eigenvalue weighted by molar-refractivity contribution is 0.249. The third-order valence-corrected chi connectivity index (χ3v) is 4.04. The fourth-order valence-corrected chi connectivity index (χ4v) is 2.57. The van der Waals surface area contributed by atoms with Gasteiger partial charge < -0.3 is 15.2 Å². The van der Waals surface area contributed by atoms with Crippen LogP contribution in [0.2, 0.25) is 0 Å². The van der Waals surface area contributed by atoms with Gasteiger partial charge in [-0.15, -0.1) is 0 Å². The van der Waals surface area contributed by atoms with Crippen LogP contribution in [0.1, 0.15) is 43.9 Å². The van der Waals surface area contributed by atoms with Crippen molar-refractivity contribution in [2.45, 2.75) is 39.2 Å². The van der Waals surface area contributed by atoms with Gasteiger partial charge in [-0.1, -0.05) is 25.5 Å². The van der Waals surface area contributed by atoms with Crippen molar-refractivity contribution in [3.63, 3.8) is 0 Å². The van der Waals surface area contributed by atoms with E-state index in [0.29, 0.717) is 12.0 Å². The highest BCUT2D eigenvalue weighted by Crippen LogP contribution is 2.28. The Bertz CT molecular complexity index is 406. The van der Waals surface area contributed by atoms with Gasteiger partial charge >= 0.3 is 0 Å². The van der Waals surface area contributed by atoms with E-state index in [-0.39, 0.29) is 6.61 Å². The topological polar surface area (TPSA) is 41.5 Å². The molecular formula is C16H25NO2. The highest BCUT2D eigenvalue weighted by molar-refractivity contribution is 5.40. The smallest absolute Gasteiger partial charge is 0.122 e. The second-order valence-electron chi connectivity index (χ2n) is 5.38. The summed E-state index contributed by atoms with van der Waals surface area (Å²) < 4.78 is 5.53. The highest BCUT2D eigenvalue weighted by atomic mass is 16.5. The van der Waals surface area contributed by atoms with Crippen LogP contribution in [-0.2, 0) is 6.42 Å². The van der Waals surface area contributed by atoms with Crippen molar-refractivity contribution in [2.24, 2.45) is 5.92 Å². The summed E-state index contributed by atoms with van der Waals surface area (Å²) in [6.07, 6.45) is 3.02. The molecular weight excluding hydrogens is 238 g/mol. The first-order valence-electron chi connectivity index (χ1n) is 7.34.